The fourth-order valence-electron chi connectivity index (χ4n) is 4.70. The molecular weight excluding hydrogens is 411 g/mol. The number of pyridine rings is 1. The first-order valence-electron chi connectivity index (χ1n) is 10.6. The Labute approximate surface area is 183 Å². The van der Waals surface area contributed by atoms with Gasteiger partial charge in [0.05, 0.1) is 28.2 Å². The van der Waals surface area contributed by atoms with Crippen LogP contribution in [0.2, 0.25) is 0 Å². The molecular formula is C22H23FN8O. The summed E-state index contributed by atoms with van der Waals surface area (Å²) in [7, 11) is 1.80. The molecule has 4 heterocycles. The van der Waals surface area contributed by atoms with Crippen LogP contribution in [0, 0.1) is 11.2 Å². The van der Waals surface area contributed by atoms with Crippen LogP contribution < -0.4 is 26.4 Å². The van der Waals surface area contributed by atoms with Crippen LogP contribution in [0.3, 0.4) is 0 Å². The van der Waals surface area contributed by atoms with E-state index in [0.717, 1.165) is 25.1 Å². The number of rotatable bonds is 4. The van der Waals surface area contributed by atoms with Crippen molar-refractivity contribution < 1.29 is 9.13 Å². The molecule has 0 unspecified atom stereocenters. The highest BCUT2D eigenvalue weighted by Gasteiger charge is 2.54. The molecule has 0 bridgehead atoms. The van der Waals surface area contributed by atoms with Crippen molar-refractivity contribution in [2.75, 3.05) is 36.1 Å². The average molecular weight is 434 g/mol. The van der Waals surface area contributed by atoms with Gasteiger partial charge in [0.25, 0.3) is 0 Å². The van der Waals surface area contributed by atoms with E-state index < -0.39 is 0 Å². The van der Waals surface area contributed by atoms with E-state index in [9.17, 15) is 0 Å². The maximum Gasteiger partial charge on any atom is 0.326 e. The summed E-state index contributed by atoms with van der Waals surface area (Å²) in [5, 5.41) is 4.18. The number of nitrogens with zero attached hydrogens (tertiary/aromatic N) is 4. The molecule has 1 spiro atoms. The zero-order chi connectivity index (χ0) is 22.0. The minimum Gasteiger partial charge on any atom is -0.423 e. The predicted octanol–water partition coefficient (Wildman–Crippen LogP) is 2.99. The lowest BCUT2D eigenvalue weighted by Gasteiger charge is -2.19. The van der Waals surface area contributed by atoms with Crippen molar-refractivity contribution in [2.24, 2.45) is 11.1 Å². The first kappa shape index (κ1) is 19.1. The third-order valence-electron chi connectivity index (χ3n) is 6.66. The van der Waals surface area contributed by atoms with Crippen LogP contribution in [0.15, 0.2) is 30.5 Å². The van der Waals surface area contributed by atoms with E-state index >= 15 is 4.39 Å². The van der Waals surface area contributed by atoms with Crippen LogP contribution >= 0.6 is 0 Å². The lowest BCUT2D eigenvalue weighted by molar-refractivity contribution is 0.442. The van der Waals surface area contributed by atoms with Crippen LogP contribution in [0.1, 0.15) is 12.8 Å². The maximum absolute atomic E-state index is 15.1. The van der Waals surface area contributed by atoms with Gasteiger partial charge in [0.1, 0.15) is 28.8 Å². The fraction of sp³-hybridized carbons (Fsp3) is 0.318. The number of aromatic nitrogens is 4. The molecule has 4 aromatic rings. The Kier molecular flexibility index (Phi) is 3.97. The number of ether oxygens (including phenoxy) is 1. The van der Waals surface area contributed by atoms with E-state index in [0.29, 0.717) is 45.9 Å². The lowest BCUT2D eigenvalue weighted by atomic mass is 10.0. The zero-order valence-electron chi connectivity index (χ0n) is 17.5. The Morgan fingerprint density at radius 1 is 1.22 bits per heavy atom. The van der Waals surface area contributed by atoms with Crippen molar-refractivity contribution in [1.29, 1.82) is 0 Å². The minimum absolute atomic E-state index is 0.0566. The highest BCUT2D eigenvalue weighted by atomic mass is 19.1. The molecule has 0 radical (unpaired) electrons. The predicted molar refractivity (Wildman–Crippen MR) is 121 cm³/mol. The first-order chi connectivity index (χ1) is 15.5. The molecule has 1 saturated carbocycles. The number of aromatic amines is 1. The van der Waals surface area contributed by atoms with E-state index in [1.54, 1.807) is 25.2 Å². The number of hydrogen-bond donors (Lipinski definition) is 4. The quantitative estimate of drug-likeness (QED) is 0.386. The molecule has 1 saturated heterocycles. The fourth-order valence-corrected chi connectivity index (χ4v) is 4.70. The summed E-state index contributed by atoms with van der Waals surface area (Å²) >= 11 is 0. The molecule has 3 aromatic heterocycles. The Bertz CT molecular complexity index is 1350. The molecule has 6 rings (SSSR count). The lowest BCUT2D eigenvalue weighted by Crippen LogP contribution is -2.30. The molecule has 1 atom stereocenters. The summed E-state index contributed by atoms with van der Waals surface area (Å²) < 4.78 is 21.0. The molecule has 1 aliphatic carbocycles. The van der Waals surface area contributed by atoms with Crippen molar-refractivity contribution in [3.05, 3.63) is 36.3 Å². The average Bonchev–Trinajstić information content (AvgIpc) is 3.35. The number of anilines is 3. The van der Waals surface area contributed by atoms with Crippen LogP contribution in [0.4, 0.5) is 21.7 Å². The number of fused-ring (bicyclic) bond motifs is 3. The van der Waals surface area contributed by atoms with Gasteiger partial charge in [-0.15, -0.1) is 0 Å². The van der Waals surface area contributed by atoms with E-state index in [-0.39, 0.29) is 23.3 Å². The van der Waals surface area contributed by atoms with Gasteiger partial charge in [-0.3, -0.25) is 0 Å². The van der Waals surface area contributed by atoms with Crippen LogP contribution in [0.25, 0.3) is 21.9 Å². The molecule has 1 aromatic carbocycles. The molecule has 1 aliphatic heterocycles. The number of nitrogens with one attached hydrogen (secondary N) is 2. The second kappa shape index (κ2) is 6.67. The highest BCUT2D eigenvalue weighted by Crippen LogP contribution is 2.53. The second-order valence-corrected chi connectivity index (χ2v) is 8.64. The van der Waals surface area contributed by atoms with E-state index in [2.05, 4.69) is 25.2 Å². The summed E-state index contributed by atoms with van der Waals surface area (Å²) in [6.07, 6.45) is 3.72. The Hall–Kier alpha value is -3.66. The Morgan fingerprint density at radius 2 is 2.06 bits per heavy atom. The van der Waals surface area contributed by atoms with Gasteiger partial charge in [0.2, 0.25) is 0 Å². The standard InChI is InChI=1S/C22H23FN8O/c1-26-13-4-3-12(23)16-17-19(28-18(13)16)29-21(32-11-2-5-15(25)27-8-11)30-20(17)31-9-14(24)22(10-31)6-7-22/h2-5,8,14,26H,6-7,9-10,24H2,1H3,(H2,25,27)(H,28,29,30)/t14-/m0/s1. The Balaban J connectivity index is 1.55. The smallest absolute Gasteiger partial charge is 0.326 e. The summed E-state index contributed by atoms with van der Waals surface area (Å²) in [4.78, 5) is 18.7. The van der Waals surface area contributed by atoms with Crippen molar-refractivity contribution in [2.45, 2.75) is 18.9 Å². The van der Waals surface area contributed by atoms with Crippen molar-refractivity contribution in [3.63, 3.8) is 0 Å². The summed E-state index contributed by atoms with van der Waals surface area (Å²) in [6.45, 7) is 1.43. The number of halogens is 1. The van der Waals surface area contributed by atoms with Gasteiger partial charge in [0, 0.05) is 31.6 Å². The number of H-pyrrole nitrogens is 1. The SMILES string of the molecule is CNc1ccc(F)c2c1[nH]c1nc(Oc3ccc(N)nc3)nc(N3C[C@H](N)C4(CC4)C3)c12. The van der Waals surface area contributed by atoms with Gasteiger partial charge in [0.15, 0.2) is 0 Å². The van der Waals surface area contributed by atoms with Crippen molar-refractivity contribution in [3.8, 4) is 11.8 Å². The van der Waals surface area contributed by atoms with Gasteiger partial charge >= 0.3 is 6.01 Å². The van der Waals surface area contributed by atoms with Gasteiger partial charge in [-0.25, -0.2) is 9.37 Å². The van der Waals surface area contributed by atoms with E-state index in [4.69, 9.17) is 21.2 Å². The first-order valence-corrected chi connectivity index (χ1v) is 10.6. The monoisotopic (exact) mass is 434 g/mol. The van der Waals surface area contributed by atoms with Crippen molar-refractivity contribution >= 4 is 39.3 Å². The van der Waals surface area contributed by atoms with Crippen molar-refractivity contribution in [1.82, 2.24) is 19.9 Å². The zero-order valence-corrected chi connectivity index (χ0v) is 17.5. The van der Waals surface area contributed by atoms with Gasteiger partial charge in [-0.05, 0) is 37.1 Å². The molecule has 32 heavy (non-hydrogen) atoms. The second-order valence-electron chi connectivity index (χ2n) is 8.64. The number of nitrogen functional groups attached to an aromatic ring is 1. The van der Waals surface area contributed by atoms with Gasteiger partial charge in [-0.1, -0.05) is 0 Å². The molecule has 9 nitrogen and oxygen atoms in total. The molecule has 6 N–H and O–H groups in total. The number of nitrogens with two attached hydrogens (primary N) is 2. The molecule has 2 aliphatic rings. The highest BCUT2D eigenvalue weighted by molar-refractivity contribution is 6.15. The van der Waals surface area contributed by atoms with Crippen LogP contribution in [-0.2, 0) is 0 Å². The number of benzene rings is 1. The number of hydrogen-bond acceptors (Lipinski definition) is 8. The van der Waals surface area contributed by atoms with E-state index in [1.165, 1.54) is 12.3 Å². The molecule has 10 heteroatoms. The molecule has 164 valence electrons. The maximum atomic E-state index is 15.1. The topological polar surface area (TPSA) is 131 Å². The summed E-state index contributed by atoms with van der Waals surface area (Å²) in [6, 6.07) is 6.69. The largest absolute Gasteiger partial charge is 0.423 e. The minimum atomic E-state index is -0.337. The Morgan fingerprint density at radius 3 is 2.75 bits per heavy atom. The van der Waals surface area contributed by atoms with Gasteiger partial charge < -0.3 is 31.4 Å². The molecule has 2 fully saturated rings. The van der Waals surface area contributed by atoms with Crippen LogP contribution in [0.5, 0.6) is 11.8 Å². The van der Waals surface area contributed by atoms with Crippen LogP contribution in [-0.4, -0.2) is 46.1 Å². The summed E-state index contributed by atoms with van der Waals surface area (Å²) in [5.41, 5.74) is 14.1. The summed E-state index contributed by atoms with van der Waals surface area (Å²) in [5.74, 6) is 1.13. The third kappa shape index (κ3) is 2.83. The third-order valence-corrected chi connectivity index (χ3v) is 6.66. The van der Waals surface area contributed by atoms with E-state index in [1.807, 2.05) is 0 Å². The molecule has 0 amide bonds. The normalized spacial score (nSPS) is 19.2. The van der Waals surface area contributed by atoms with Gasteiger partial charge in [-0.2, -0.15) is 9.97 Å².